The SMILES string of the molecule is O=C1NC(=O)N(c2ccc(Cl)cc2)C(=O)C1=Cc1ccsc1. The Morgan fingerprint density at radius 1 is 1.09 bits per heavy atom. The van der Waals surface area contributed by atoms with Gasteiger partial charge in [0.15, 0.2) is 0 Å². The highest BCUT2D eigenvalue weighted by molar-refractivity contribution is 7.08. The van der Waals surface area contributed by atoms with E-state index in [-0.39, 0.29) is 5.57 Å². The van der Waals surface area contributed by atoms with Crippen molar-refractivity contribution in [2.45, 2.75) is 0 Å². The van der Waals surface area contributed by atoms with E-state index >= 15 is 0 Å². The lowest BCUT2D eigenvalue weighted by atomic mass is 10.1. The summed E-state index contributed by atoms with van der Waals surface area (Å²) in [5, 5.41) is 6.28. The molecule has 0 bridgehead atoms. The van der Waals surface area contributed by atoms with Crippen LogP contribution in [-0.2, 0) is 9.59 Å². The van der Waals surface area contributed by atoms with Gasteiger partial charge in [0.05, 0.1) is 5.69 Å². The second kappa shape index (κ2) is 5.75. The zero-order chi connectivity index (χ0) is 15.7. The van der Waals surface area contributed by atoms with Crippen LogP contribution in [-0.4, -0.2) is 17.8 Å². The molecule has 1 N–H and O–H groups in total. The lowest BCUT2D eigenvalue weighted by molar-refractivity contribution is -0.122. The van der Waals surface area contributed by atoms with Crippen molar-refractivity contribution >= 4 is 52.5 Å². The van der Waals surface area contributed by atoms with Crippen LogP contribution in [0.5, 0.6) is 0 Å². The number of imide groups is 2. The molecule has 1 saturated heterocycles. The normalized spacial score (nSPS) is 17.0. The minimum absolute atomic E-state index is 0.0899. The van der Waals surface area contributed by atoms with Crippen LogP contribution in [0.1, 0.15) is 5.56 Å². The number of benzene rings is 1. The molecule has 5 nitrogen and oxygen atoms in total. The Morgan fingerprint density at radius 2 is 1.82 bits per heavy atom. The number of amides is 4. The predicted octanol–water partition coefficient (Wildman–Crippen LogP) is 3.07. The molecule has 110 valence electrons. The van der Waals surface area contributed by atoms with Crippen molar-refractivity contribution in [2.75, 3.05) is 4.90 Å². The minimum atomic E-state index is -0.778. The van der Waals surface area contributed by atoms with Gasteiger partial charge in [0.25, 0.3) is 11.8 Å². The number of rotatable bonds is 2. The molecule has 2 heterocycles. The van der Waals surface area contributed by atoms with E-state index in [2.05, 4.69) is 5.32 Å². The Labute approximate surface area is 134 Å². The molecular formula is C15H9ClN2O3S. The molecular weight excluding hydrogens is 324 g/mol. The number of urea groups is 1. The van der Waals surface area contributed by atoms with E-state index in [1.165, 1.54) is 29.5 Å². The van der Waals surface area contributed by atoms with Crippen LogP contribution in [0, 0.1) is 0 Å². The first kappa shape index (κ1) is 14.5. The van der Waals surface area contributed by atoms with Gasteiger partial charge >= 0.3 is 6.03 Å². The number of hydrogen-bond donors (Lipinski definition) is 1. The average molecular weight is 333 g/mol. The van der Waals surface area contributed by atoms with E-state index in [0.29, 0.717) is 10.7 Å². The van der Waals surface area contributed by atoms with E-state index < -0.39 is 17.8 Å². The highest BCUT2D eigenvalue weighted by Crippen LogP contribution is 2.23. The smallest absolute Gasteiger partial charge is 0.273 e. The molecule has 0 unspecified atom stereocenters. The second-order valence-corrected chi connectivity index (χ2v) is 5.71. The molecule has 22 heavy (non-hydrogen) atoms. The summed E-state index contributed by atoms with van der Waals surface area (Å²) in [5.74, 6) is -1.37. The minimum Gasteiger partial charge on any atom is -0.273 e. The molecule has 0 saturated carbocycles. The number of nitrogens with zero attached hydrogens (tertiary/aromatic N) is 1. The van der Waals surface area contributed by atoms with E-state index in [1.54, 1.807) is 23.6 Å². The van der Waals surface area contributed by atoms with Gasteiger partial charge in [-0.3, -0.25) is 14.9 Å². The molecule has 1 fully saturated rings. The summed E-state index contributed by atoms with van der Waals surface area (Å²) < 4.78 is 0. The van der Waals surface area contributed by atoms with Crippen molar-refractivity contribution < 1.29 is 14.4 Å². The van der Waals surface area contributed by atoms with Crippen molar-refractivity contribution in [1.82, 2.24) is 5.32 Å². The van der Waals surface area contributed by atoms with Gasteiger partial charge in [-0.2, -0.15) is 11.3 Å². The zero-order valence-electron chi connectivity index (χ0n) is 11.1. The molecule has 1 aromatic heterocycles. The van der Waals surface area contributed by atoms with Crippen LogP contribution in [0.2, 0.25) is 5.02 Å². The Hall–Kier alpha value is -2.44. The lowest BCUT2D eigenvalue weighted by Gasteiger charge is -2.26. The van der Waals surface area contributed by atoms with Crippen LogP contribution in [0.25, 0.3) is 6.08 Å². The summed E-state index contributed by atoms with van der Waals surface area (Å²) in [6.45, 7) is 0. The first-order valence-corrected chi connectivity index (χ1v) is 7.57. The molecule has 4 amide bonds. The number of carbonyl (C=O) groups is 3. The fraction of sp³-hybridized carbons (Fsp3) is 0. The van der Waals surface area contributed by atoms with Crippen molar-refractivity contribution in [2.24, 2.45) is 0 Å². The first-order valence-electron chi connectivity index (χ1n) is 6.25. The Kier molecular flexibility index (Phi) is 3.79. The maximum absolute atomic E-state index is 12.5. The van der Waals surface area contributed by atoms with Crippen molar-refractivity contribution in [3.63, 3.8) is 0 Å². The van der Waals surface area contributed by atoms with E-state index in [0.717, 1.165) is 10.5 Å². The summed E-state index contributed by atoms with van der Waals surface area (Å²) in [6, 6.07) is 7.21. The van der Waals surface area contributed by atoms with E-state index in [9.17, 15) is 14.4 Å². The first-order chi connectivity index (χ1) is 10.6. The summed E-state index contributed by atoms with van der Waals surface area (Å²) in [7, 11) is 0. The largest absolute Gasteiger partial charge is 0.335 e. The Bertz CT molecular complexity index is 782. The fourth-order valence-electron chi connectivity index (χ4n) is 2.01. The lowest BCUT2D eigenvalue weighted by Crippen LogP contribution is -2.54. The molecule has 0 radical (unpaired) electrons. The van der Waals surface area contributed by atoms with Crippen LogP contribution in [0.15, 0.2) is 46.7 Å². The number of barbiturate groups is 1. The summed E-state index contributed by atoms with van der Waals surface area (Å²) in [4.78, 5) is 37.3. The average Bonchev–Trinajstić information content (AvgIpc) is 2.98. The van der Waals surface area contributed by atoms with Gasteiger partial charge in [-0.05, 0) is 52.7 Å². The van der Waals surface area contributed by atoms with E-state index in [4.69, 9.17) is 11.6 Å². The maximum Gasteiger partial charge on any atom is 0.335 e. The van der Waals surface area contributed by atoms with Crippen molar-refractivity contribution in [3.8, 4) is 0 Å². The Balaban J connectivity index is 2.01. The number of thiophene rings is 1. The van der Waals surface area contributed by atoms with Gasteiger partial charge in [0.1, 0.15) is 5.57 Å². The van der Waals surface area contributed by atoms with Crippen molar-refractivity contribution in [3.05, 3.63) is 57.3 Å². The van der Waals surface area contributed by atoms with Crippen molar-refractivity contribution in [1.29, 1.82) is 0 Å². The summed E-state index contributed by atoms with van der Waals surface area (Å²) in [6.07, 6.45) is 1.46. The van der Waals surface area contributed by atoms with Gasteiger partial charge in [0, 0.05) is 5.02 Å². The van der Waals surface area contributed by atoms with Crippen LogP contribution in [0.4, 0.5) is 10.5 Å². The van der Waals surface area contributed by atoms with Gasteiger partial charge in [0.2, 0.25) is 0 Å². The molecule has 1 aliphatic heterocycles. The predicted molar refractivity (Wildman–Crippen MR) is 84.8 cm³/mol. The quantitative estimate of drug-likeness (QED) is 0.679. The molecule has 2 aromatic rings. The zero-order valence-corrected chi connectivity index (χ0v) is 12.6. The van der Waals surface area contributed by atoms with Crippen LogP contribution >= 0.6 is 22.9 Å². The Morgan fingerprint density at radius 3 is 2.45 bits per heavy atom. The highest BCUT2D eigenvalue weighted by atomic mass is 35.5. The number of halogens is 1. The van der Waals surface area contributed by atoms with Gasteiger partial charge in [-0.1, -0.05) is 11.6 Å². The third-order valence-electron chi connectivity index (χ3n) is 3.04. The standard InChI is InChI=1S/C15H9ClN2O3S/c16-10-1-3-11(4-2-10)18-14(20)12(13(19)17-15(18)21)7-9-5-6-22-8-9/h1-8H,(H,17,19,21). The molecule has 0 atom stereocenters. The second-order valence-electron chi connectivity index (χ2n) is 4.49. The molecule has 1 aliphatic rings. The van der Waals surface area contributed by atoms with Crippen LogP contribution in [0.3, 0.4) is 0 Å². The summed E-state index contributed by atoms with van der Waals surface area (Å²) >= 11 is 7.25. The fourth-order valence-corrected chi connectivity index (χ4v) is 2.75. The summed E-state index contributed by atoms with van der Waals surface area (Å²) in [5.41, 5.74) is 0.984. The molecule has 3 rings (SSSR count). The highest BCUT2D eigenvalue weighted by Gasteiger charge is 2.36. The van der Waals surface area contributed by atoms with Gasteiger partial charge < -0.3 is 0 Å². The number of nitrogens with one attached hydrogen (secondary N) is 1. The molecule has 1 aromatic carbocycles. The maximum atomic E-state index is 12.5. The van der Waals surface area contributed by atoms with Gasteiger partial charge in [-0.15, -0.1) is 0 Å². The van der Waals surface area contributed by atoms with Gasteiger partial charge in [-0.25, -0.2) is 9.69 Å². The van der Waals surface area contributed by atoms with Crippen LogP contribution < -0.4 is 10.2 Å². The third-order valence-corrected chi connectivity index (χ3v) is 3.99. The topological polar surface area (TPSA) is 66.5 Å². The van der Waals surface area contributed by atoms with E-state index in [1.807, 2.05) is 5.38 Å². The monoisotopic (exact) mass is 332 g/mol. The third kappa shape index (κ3) is 2.66. The number of carbonyl (C=O) groups excluding carboxylic acids is 3. The molecule has 0 spiro atoms. The molecule has 7 heteroatoms. The molecule has 0 aliphatic carbocycles. The number of anilines is 1. The number of hydrogen-bond acceptors (Lipinski definition) is 4.